The van der Waals surface area contributed by atoms with E-state index in [0.717, 1.165) is 0 Å². The number of fused-ring (bicyclic) bond motifs is 1. The molecule has 2 aromatic carbocycles. The molecule has 0 saturated carbocycles. The number of hydrogen-bond donors (Lipinski definition) is 2. The first kappa shape index (κ1) is 27.7. The number of phenolic OH excluding ortho intramolecular Hbond substituents is 1. The molecule has 1 fully saturated rings. The van der Waals surface area contributed by atoms with Crippen LogP contribution in [0.2, 0.25) is 0 Å². The number of nitriles is 1. The van der Waals surface area contributed by atoms with E-state index >= 15 is 0 Å². The molecule has 10 nitrogen and oxygen atoms in total. The lowest BCUT2D eigenvalue weighted by atomic mass is 9.96. The molecule has 4 aromatic rings. The number of methoxy groups -OCH3 is 1. The molecule has 11 heteroatoms. The topological polar surface area (TPSA) is 134 Å². The van der Waals surface area contributed by atoms with E-state index in [-0.39, 0.29) is 17.4 Å². The van der Waals surface area contributed by atoms with Gasteiger partial charge < -0.3 is 29.2 Å². The van der Waals surface area contributed by atoms with Gasteiger partial charge in [0.2, 0.25) is 0 Å². The summed E-state index contributed by atoms with van der Waals surface area (Å²) in [4.78, 5) is 23.8. The molecule has 41 heavy (non-hydrogen) atoms. The molecular formula is C30H30FN5O5. The van der Waals surface area contributed by atoms with Gasteiger partial charge in [0.05, 0.1) is 23.9 Å². The Bertz CT molecular complexity index is 1650. The zero-order valence-electron chi connectivity index (χ0n) is 23.2. The van der Waals surface area contributed by atoms with Crippen molar-refractivity contribution in [2.45, 2.75) is 45.3 Å². The number of aromatic nitrogens is 2. The van der Waals surface area contributed by atoms with E-state index in [4.69, 9.17) is 18.9 Å². The molecule has 0 spiro atoms. The van der Waals surface area contributed by atoms with Crippen LogP contribution in [0.4, 0.5) is 15.0 Å². The van der Waals surface area contributed by atoms with Crippen LogP contribution in [0.25, 0.3) is 33.5 Å². The summed E-state index contributed by atoms with van der Waals surface area (Å²) in [6, 6.07) is 10.9. The number of pyridine rings is 1. The molecule has 0 unspecified atom stereocenters. The van der Waals surface area contributed by atoms with Crippen molar-refractivity contribution < 1.29 is 28.2 Å². The molecule has 0 bridgehead atoms. The van der Waals surface area contributed by atoms with Gasteiger partial charge in [0.15, 0.2) is 34.8 Å². The average Bonchev–Trinajstić information content (AvgIpc) is 3.41. The highest BCUT2D eigenvalue weighted by atomic mass is 19.1. The zero-order chi connectivity index (χ0) is 29.3. The number of benzene rings is 2. The van der Waals surface area contributed by atoms with E-state index in [1.54, 1.807) is 18.2 Å². The van der Waals surface area contributed by atoms with Gasteiger partial charge in [-0.1, -0.05) is 12.1 Å². The third kappa shape index (κ3) is 5.72. The third-order valence-electron chi connectivity index (χ3n) is 6.81. The van der Waals surface area contributed by atoms with Gasteiger partial charge in [-0.15, -0.1) is 0 Å². The molecule has 2 aromatic heterocycles. The molecular weight excluding hydrogens is 529 g/mol. The van der Waals surface area contributed by atoms with Crippen molar-refractivity contribution in [3.8, 4) is 40.0 Å². The predicted octanol–water partition coefficient (Wildman–Crippen LogP) is 5.78. The van der Waals surface area contributed by atoms with Gasteiger partial charge in [-0.25, -0.2) is 19.2 Å². The van der Waals surface area contributed by atoms with Gasteiger partial charge in [-0.2, -0.15) is 5.26 Å². The number of alkyl carbamates (subject to hydrolysis) is 1. The van der Waals surface area contributed by atoms with Crippen molar-refractivity contribution in [1.82, 2.24) is 15.3 Å². The Kier molecular flexibility index (Phi) is 7.41. The van der Waals surface area contributed by atoms with E-state index in [1.807, 2.05) is 26.8 Å². The number of amides is 1. The first-order valence-electron chi connectivity index (χ1n) is 13.2. The first-order valence-corrected chi connectivity index (χ1v) is 13.2. The second-order valence-electron chi connectivity index (χ2n) is 10.8. The summed E-state index contributed by atoms with van der Waals surface area (Å²) in [6.45, 7) is 6.59. The molecule has 5 rings (SSSR count). The van der Waals surface area contributed by atoms with E-state index in [9.17, 15) is 19.6 Å². The number of anilines is 1. The number of carbonyl (C=O) groups excluding carboxylic acids is 1. The van der Waals surface area contributed by atoms with E-state index in [1.165, 1.54) is 31.7 Å². The Morgan fingerprint density at radius 3 is 2.56 bits per heavy atom. The number of nitrogens with one attached hydrogen (secondary N) is 1. The molecule has 2 N–H and O–H groups in total. The fraction of sp³-hybridized carbons (Fsp3) is 0.333. The van der Waals surface area contributed by atoms with Gasteiger partial charge in [0.1, 0.15) is 17.5 Å². The van der Waals surface area contributed by atoms with Crippen LogP contribution in [0.3, 0.4) is 0 Å². The lowest BCUT2D eigenvalue weighted by molar-refractivity contribution is 0.0497. The van der Waals surface area contributed by atoms with Crippen LogP contribution >= 0.6 is 0 Å². The molecule has 1 aliphatic rings. The number of carbonyl (C=O) groups is 1. The van der Waals surface area contributed by atoms with Crippen molar-refractivity contribution in [3.05, 3.63) is 54.2 Å². The Balaban J connectivity index is 1.56. The second kappa shape index (κ2) is 11.0. The van der Waals surface area contributed by atoms with Crippen LogP contribution in [0.15, 0.2) is 47.2 Å². The standard InChI is InChI=1S/C30H30FN5O5/c1-30(2,3)41-29(38)34-20-9-11-36(12-10-20)28-26-27(40-16-33-26)24(17-7-8-23(39-4)22(37)14-17)25(35-28)18-5-6-19(15-32)21(31)13-18/h5-8,13-14,16,20,37H,9-12H2,1-4H3,(H,34,38). The number of ether oxygens (including phenoxy) is 2. The summed E-state index contributed by atoms with van der Waals surface area (Å²) >= 11 is 0. The van der Waals surface area contributed by atoms with Gasteiger partial charge in [0.25, 0.3) is 0 Å². The van der Waals surface area contributed by atoms with Crippen LogP contribution in [-0.4, -0.2) is 53.0 Å². The molecule has 212 valence electrons. The second-order valence-corrected chi connectivity index (χ2v) is 10.8. The van der Waals surface area contributed by atoms with Gasteiger partial charge >= 0.3 is 6.09 Å². The third-order valence-corrected chi connectivity index (χ3v) is 6.81. The monoisotopic (exact) mass is 559 g/mol. The van der Waals surface area contributed by atoms with E-state index in [2.05, 4.69) is 15.2 Å². The Hall–Kier alpha value is -4.85. The number of nitrogens with zero attached hydrogens (tertiary/aromatic N) is 4. The molecule has 3 heterocycles. The average molecular weight is 560 g/mol. The molecule has 0 radical (unpaired) electrons. The largest absolute Gasteiger partial charge is 0.504 e. The summed E-state index contributed by atoms with van der Waals surface area (Å²) in [5, 5.41) is 22.7. The van der Waals surface area contributed by atoms with Crippen molar-refractivity contribution in [1.29, 1.82) is 5.26 Å². The predicted molar refractivity (Wildman–Crippen MR) is 150 cm³/mol. The fourth-order valence-corrected chi connectivity index (χ4v) is 4.91. The number of halogens is 1. The molecule has 1 amide bonds. The highest BCUT2D eigenvalue weighted by Crippen LogP contribution is 2.43. The molecule has 0 atom stereocenters. The maximum absolute atomic E-state index is 14.8. The van der Waals surface area contributed by atoms with Crippen LogP contribution in [0.1, 0.15) is 39.2 Å². The highest BCUT2D eigenvalue weighted by molar-refractivity contribution is 6.02. The molecule has 0 aliphatic carbocycles. The Labute approximate surface area is 236 Å². The number of oxazole rings is 1. The maximum atomic E-state index is 14.8. The van der Waals surface area contributed by atoms with Crippen LogP contribution in [0, 0.1) is 17.1 Å². The summed E-state index contributed by atoms with van der Waals surface area (Å²) in [6.07, 6.45) is 2.16. The number of piperidine rings is 1. The van der Waals surface area contributed by atoms with Gasteiger partial charge in [-0.05, 0) is 63.4 Å². The minimum Gasteiger partial charge on any atom is -0.504 e. The lowest BCUT2D eigenvalue weighted by Crippen LogP contribution is -2.46. The van der Waals surface area contributed by atoms with Crippen LogP contribution < -0.4 is 15.0 Å². The number of phenols is 1. The maximum Gasteiger partial charge on any atom is 0.407 e. The number of aromatic hydroxyl groups is 1. The summed E-state index contributed by atoms with van der Waals surface area (Å²) in [5.74, 6) is 0.0773. The van der Waals surface area contributed by atoms with Crippen molar-refractivity contribution in [2.75, 3.05) is 25.1 Å². The number of rotatable bonds is 5. The molecule has 1 aliphatic heterocycles. The van der Waals surface area contributed by atoms with Gasteiger partial charge in [0, 0.05) is 24.7 Å². The van der Waals surface area contributed by atoms with E-state index < -0.39 is 17.5 Å². The minimum atomic E-state index is -0.677. The lowest BCUT2D eigenvalue weighted by Gasteiger charge is -2.34. The Morgan fingerprint density at radius 2 is 1.93 bits per heavy atom. The zero-order valence-corrected chi connectivity index (χ0v) is 23.2. The normalized spacial score (nSPS) is 14.1. The SMILES string of the molecule is COc1ccc(-c2c(-c3ccc(C#N)c(F)c3)nc(N3CCC(NC(=O)OC(C)(C)C)CC3)c3ncoc23)cc1O. The summed E-state index contributed by atoms with van der Waals surface area (Å²) in [5.41, 5.74) is 2.13. The summed E-state index contributed by atoms with van der Waals surface area (Å²) < 4.78 is 31.3. The van der Waals surface area contributed by atoms with Crippen molar-refractivity contribution in [2.24, 2.45) is 0 Å². The van der Waals surface area contributed by atoms with Crippen molar-refractivity contribution in [3.63, 3.8) is 0 Å². The fourth-order valence-electron chi connectivity index (χ4n) is 4.91. The first-order chi connectivity index (χ1) is 19.6. The van der Waals surface area contributed by atoms with Gasteiger partial charge in [-0.3, -0.25) is 0 Å². The minimum absolute atomic E-state index is 0.0671. The highest BCUT2D eigenvalue weighted by Gasteiger charge is 2.29. The van der Waals surface area contributed by atoms with E-state index in [0.29, 0.717) is 71.0 Å². The molecule has 1 saturated heterocycles. The smallest absolute Gasteiger partial charge is 0.407 e. The van der Waals surface area contributed by atoms with Crippen molar-refractivity contribution >= 4 is 23.0 Å². The quantitative estimate of drug-likeness (QED) is 0.312. The van der Waals surface area contributed by atoms with Crippen LogP contribution in [0.5, 0.6) is 11.5 Å². The van der Waals surface area contributed by atoms with Crippen LogP contribution in [-0.2, 0) is 4.74 Å². The summed E-state index contributed by atoms with van der Waals surface area (Å²) in [7, 11) is 1.46. The Morgan fingerprint density at radius 1 is 1.20 bits per heavy atom. The number of hydrogen-bond acceptors (Lipinski definition) is 9.